The smallest absolute Gasteiger partial charge is 0.255 e. The molecule has 7 nitrogen and oxygen atoms in total. The van der Waals surface area contributed by atoms with Crippen LogP contribution in [-0.2, 0) is 16.0 Å². The number of hydrogen-bond donors (Lipinski definition) is 2. The first kappa shape index (κ1) is 16.1. The molecule has 1 saturated carbocycles. The Morgan fingerprint density at radius 2 is 1.95 bits per heavy atom. The van der Waals surface area contributed by atoms with Gasteiger partial charge in [0.15, 0.2) is 0 Å². The number of primary amides is 1. The normalized spacial score (nSPS) is 16.3. The monoisotopic (exact) mass is 307 g/mol. The molecule has 3 amide bonds. The highest BCUT2D eigenvalue weighted by atomic mass is 16.3. The molecule has 1 aliphatic carbocycles. The van der Waals surface area contributed by atoms with Crippen molar-refractivity contribution >= 4 is 17.7 Å². The number of hydrogen-bond acceptors (Lipinski definition) is 4. The van der Waals surface area contributed by atoms with Crippen molar-refractivity contribution in [2.45, 2.75) is 37.6 Å². The zero-order valence-electron chi connectivity index (χ0n) is 12.8. The number of carbonyl (C=O) groups is 3. The zero-order chi connectivity index (χ0) is 16.3. The van der Waals surface area contributed by atoms with Gasteiger partial charge < -0.3 is 20.4 Å². The Morgan fingerprint density at radius 1 is 1.32 bits per heavy atom. The van der Waals surface area contributed by atoms with Crippen LogP contribution in [0.3, 0.4) is 0 Å². The molecule has 0 bridgehead atoms. The van der Waals surface area contributed by atoms with Crippen LogP contribution in [0, 0.1) is 0 Å². The summed E-state index contributed by atoms with van der Waals surface area (Å²) in [5.41, 5.74) is 4.51. The summed E-state index contributed by atoms with van der Waals surface area (Å²) in [6, 6.07) is 1.48. The molecule has 0 aliphatic heterocycles. The molecule has 1 heterocycles. The van der Waals surface area contributed by atoms with E-state index in [2.05, 4.69) is 5.32 Å². The van der Waals surface area contributed by atoms with Crippen molar-refractivity contribution in [1.82, 2.24) is 10.2 Å². The van der Waals surface area contributed by atoms with Crippen LogP contribution >= 0.6 is 0 Å². The Hall–Kier alpha value is -2.31. The molecule has 2 rings (SSSR count). The summed E-state index contributed by atoms with van der Waals surface area (Å²) in [6.45, 7) is 0. The third kappa shape index (κ3) is 3.13. The number of rotatable bonds is 5. The molecule has 1 aromatic rings. The molecule has 120 valence electrons. The van der Waals surface area contributed by atoms with Gasteiger partial charge in [-0.05, 0) is 18.9 Å². The Kier molecular flexibility index (Phi) is 4.54. The summed E-state index contributed by atoms with van der Waals surface area (Å²) in [5, 5.41) is 2.85. The highest BCUT2D eigenvalue weighted by Gasteiger charge is 2.43. The highest BCUT2D eigenvalue weighted by molar-refractivity contribution is 6.00. The van der Waals surface area contributed by atoms with E-state index in [0.717, 1.165) is 12.8 Å². The molecule has 0 aromatic carbocycles. The first-order chi connectivity index (χ1) is 10.4. The molecule has 0 atom stereocenters. The van der Waals surface area contributed by atoms with Crippen molar-refractivity contribution in [3.63, 3.8) is 0 Å². The molecule has 7 heteroatoms. The predicted octanol–water partition coefficient (Wildman–Crippen LogP) is 0.438. The Morgan fingerprint density at radius 3 is 2.50 bits per heavy atom. The van der Waals surface area contributed by atoms with Gasteiger partial charge in [-0.2, -0.15) is 0 Å². The SMILES string of the molecule is CN(C)C(=O)C1(NC(=O)c2ccoc2CC(N)=O)CCCC1. The minimum absolute atomic E-state index is 0.113. The van der Waals surface area contributed by atoms with Crippen molar-refractivity contribution in [2.24, 2.45) is 5.73 Å². The average molecular weight is 307 g/mol. The van der Waals surface area contributed by atoms with Crippen LogP contribution in [0.5, 0.6) is 0 Å². The van der Waals surface area contributed by atoms with Crippen LogP contribution in [-0.4, -0.2) is 42.3 Å². The molecule has 0 saturated heterocycles. The summed E-state index contributed by atoms with van der Waals surface area (Å²) in [4.78, 5) is 37.5. The van der Waals surface area contributed by atoms with Crippen molar-refractivity contribution in [3.8, 4) is 0 Å². The molecular weight excluding hydrogens is 286 g/mol. The van der Waals surface area contributed by atoms with Crippen LogP contribution in [0.15, 0.2) is 16.7 Å². The molecule has 0 radical (unpaired) electrons. The first-order valence-corrected chi connectivity index (χ1v) is 7.25. The maximum absolute atomic E-state index is 12.5. The van der Waals surface area contributed by atoms with Crippen LogP contribution in [0.4, 0.5) is 0 Å². The number of likely N-dealkylation sites (N-methyl/N-ethyl adjacent to an activating group) is 1. The summed E-state index contributed by atoms with van der Waals surface area (Å²) in [5.74, 6) is -0.889. The van der Waals surface area contributed by atoms with Gasteiger partial charge >= 0.3 is 0 Å². The number of amides is 3. The van der Waals surface area contributed by atoms with Crippen LogP contribution in [0.2, 0.25) is 0 Å². The van der Waals surface area contributed by atoms with E-state index in [9.17, 15) is 14.4 Å². The fraction of sp³-hybridized carbons (Fsp3) is 0.533. The average Bonchev–Trinajstić information content (AvgIpc) is 3.07. The van der Waals surface area contributed by atoms with Gasteiger partial charge in [-0.3, -0.25) is 14.4 Å². The van der Waals surface area contributed by atoms with Crippen molar-refractivity contribution < 1.29 is 18.8 Å². The molecule has 1 aromatic heterocycles. The van der Waals surface area contributed by atoms with Gasteiger partial charge in [-0.25, -0.2) is 0 Å². The second-order valence-electron chi connectivity index (χ2n) is 5.84. The number of furan rings is 1. The van der Waals surface area contributed by atoms with Crippen molar-refractivity contribution in [1.29, 1.82) is 0 Å². The van der Waals surface area contributed by atoms with Gasteiger partial charge in [-0.1, -0.05) is 12.8 Å². The lowest BCUT2D eigenvalue weighted by molar-refractivity contribution is -0.135. The highest BCUT2D eigenvalue weighted by Crippen LogP contribution is 2.31. The minimum atomic E-state index is -0.873. The topological polar surface area (TPSA) is 106 Å². The van der Waals surface area contributed by atoms with Gasteiger partial charge in [-0.15, -0.1) is 0 Å². The lowest BCUT2D eigenvalue weighted by Gasteiger charge is -2.31. The molecule has 3 N–H and O–H groups in total. The number of nitrogens with two attached hydrogens (primary N) is 1. The summed E-state index contributed by atoms with van der Waals surface area (Å²) in [6.07, 6.45) is 4.18. The van der Waals surface area contributed by atoms with E-state index in [1.54, 1.807) is 14.1 Å². The third-order valence-corrected chi connectivity index (χ3v) is 3.95. The summed E-state index contributed by atoms with van der Waals surface area (Å²) >= 11 is 0. The zero-order valence-corrected chi connectivity index (χ0v) is 12.8. The van der Waals surface area contributed by atoms with Crippen LogP contribution in [0.25, 0.3) is 0 Å². The summed E-state index contributed by atoms with van der Waals surface area (Å²) < 4.78 is 5.14. The van der Waals surface area contributed by atoms with E-state index in [1.807, 2.05) is 0 Å². The second kappa shape index (κ2) is 6.21. The molecule has 1 fully saturated rings. The van der Waals surface area contributed by atoms with Crippen LogP contribution < -0.4 is 11.1 Å². The maximum atomic E-state index is 12.5. The lowest BCUT2D eigenvalue weighted by Crippen LogP contribution is -2.56. The van der Waals surface area contributed by atoms with E-state index in [-0.39, 0.29) is 23.7 Å². The molecule has 1 aliphatic rings. The predicted molar refractivity (Wildman–Crippen MR) is 79.0 cm³/mol. The largest absolute Gasteiger partial charge is 0.468 e. The van der Waals surface area contributed by atoms with Gasteiger partial charge in [0, 0.05) is 14.1 Å². The number of carbonyl (C=O) groups excluding carboxylic acids is 3. The standard InChI is InChI=1S/C15H21N3O4/c1-18(2)14(21)15(6-3-4-7-15)17-13(20)10-5-8-22-11(10)9-12(16)19/h5,8H,3-4,6-7,9H2,1-2H3,(H2,16,19)(H,17,20). The van der Waals surface area contributed by atoms with E-state index >= 15 is 0 Å². The number of nitrogens with one attached hydrogen (secondary N) is 1. The number of nitrogens with zero attached hydrogens (tertiary/aromatic N) is 1. The molecular formula is C15H21N3O4. The Labute approximate surface area is 128 Å². The van der Waals surface area contributed by atoms with Gasteiger partial charge in [0.05, 0.1) is 18.2 Å². The third-order valence-electron chi connectivity index (χ3n) is 3.95. The summed E-state index contributed by atoms with van der Waals surface area (Å²) in [7, 11) is 3.34. The van der Waals surface area contributed by atoms with Crippen LogP contribution in [0.1, 0.15) is 41.8 Å². The molecule has 0 spiro atoms. The first-order valence-electron chi connectivity index (χ1n) is 7.25. The minimum Gasteiger partial charge on any atom is -0.468 e. The molecule has 22 heavy (non-hydrogen) atoms. The fourth-order valence-corrected chi connectivity index (χ4v) is 2.92. The van der Waals surface area contributed by atoms with Gasteiger partial charge in [0.1, 0.15) is 11.3 Å². The fourth-order valence-electron chi connectivity index (χ4n) is 2.92. The van der Waals surface area contributed by atoms with Crippen molar-refractivity contribution in [2.75, 3.05) is 14.1 Å². The van der Waals surface area contributed by atoms with Crippen molar-refractivity contribution in [3.05, 3.63) is 23.7 Å². The van der Waals surface area contributed by atoms with Gasteiger partial charge in [0.25, 0.3) is 5.91 Å². The quantitative estimate of drug-likeness (QED) is 0.823. The van der Waals surface area contributed by atoms with E-state index in [4.69, 9.17) is 10.2 Å². The lowest BCUT2D eigenvalue weighted by atomic mass is 9.95. The molecule has 0 unspecified atom stereocenters. The second-order valence-corrected chi connectivity index (χ2v) is 5.84. The van der Waals surface area contributed by atoms with Gasteiger partial charge in [0.2, 0.25) is 11.8 Å². The van der Waals surface area contributed by atoms with E-state index in [0.29, 0.717) is 12.8 Å². The Balaban J connectivity index is 2.21. The Bertz CT molecular complexity index is 585. The van der Waals surface area contributed by atoms with E-state index in [1.165, 1.54) is 17.2 Å². The maximum Gasteiger partial charge on any atom is 0.255 e. The van der Waals surface area contributed by atoms with E-state index < -0.39 is 17.4 Å².